The first kappa shape index (κ1) is 23.9. The molecule has 9 nitrogen and oxygen atoms in total. The highest BCUT2D eigenvalue weighted by Gasteiger charge is 2.26. The van der Waals surface area contributed by atoms with Gasteiger partial charge in [0.2, 0.25) is 10.0 Å². The van der Waals surface area contributed by atoms with Crippen LogP contribution in [0.25, 0.3) is 22.6 Å². The zero-order chi connectivity index (χ0) is 24.3. The number of benzene rings is 1. The number of nitrogens with one attached hydrogen (secondary N) is 1. The Balaban J connectivity index is 1.71. The van der Waals surface area contributed by atoms with Crippen molar-refractivity contribution in [1.82, 2.24) is 24.6 Å². The van der Waals surface area contributed by atoms with Crippen molar-refractivity contribution in [1.29, 1.82) is 0 Å². The van der Waals surface area contributed by atoms with E-state index in [2.05, 4.69) is 24.6 Å². The summed E-state index contributed by atoms with van der Waals surface area (Å²) < 4.78 is 59.0. The molecule has 1 aliphatic rings. The summed E-state index contributed by atoms with van der Waals surface area (Å²) in [4.78, 5) is 14.9. The summed E-state index contributed by atoms with van der Waals surface area (Å²) in [5.41, 5.74) is 7.21. The quantitative estimate of drug-likeness (QED) is 0.494. The van der Waals surface area contributed by atoms with E-state index in [1.54, 1.807) is 12.1 Å². The Morgan fingerprint density at radius 2 is 1.88 bits per heavy atom. The van der Waals surface area contributed by atoms with Crippen molar-refractivity contribution in [2.45, 2.75) is 23.8 Å². The van der Waals surface area contributed by atoms with Crippen LogP contribution in [0.2, 0.25) is 0 Å². The number of nitrogens with two attached hydrogens (primary N) is 1. The predicted molar refractivity (Wildman–Crippen MR) is 123 cm³/mol. The van der Waals surface area contributed by atoms with E-state index < -0.39 is 23.1 Å². The minimum Gasteiger partial charge on any atom is -0.488 e. The zero-order valence-electron chi connectivity index (χ0n) is 18.4. The van der Waals surface area contributed by atoms with Crippen LogP contribution in [0, 0.1) is 0 Å². The van der Waals surface area contributed by atoms with Crippen LogP contribution in [0.5, 0.6) is 5.75 Å². The Hall–Kier alpha value is -3.22. The Kier molecular flexibility index (Phi) is 7.00. The van der Waals surface area contributed by atoms with Gasteiger partial charge in [-0.3, -0.25) is 0 Å². The van der Waals surface area contributed by atoms with E-state index in [1.807, 2.05) is 7.05 Å². The van der Waals surface area contributed by atoms with Crippen molar-refractivity contribution in [2.24, 2.45) is 0 Å². The smallest absolute Gasteiger partial charge is 0.272 e. The molecule has 12 heteroatoms. The molecule has 3 N–H and O–H groups in total. The lowest BCUT2D eigenvalue weighted by atomic mass is 10.1. The van der Waals surface area contributed by atoms with Crippen molar-refractivity contribution in [3.05, 3.63) is 48.8 Å². The first-order valence-electron chi connectivity index (χ1n) is 10.5. The van der Waals surface area contributed by atoms with Gasteiger partial charge in [0, 0.05) is 18.2 Å². The fourth-order valence-corrected chi connectivity index (χ4v) is 4.91. The van der Waals surface area contributed by atoms with Gasteiger partial charge in [-0.1, -0.05) is 0 Å². The van der Waals surface area contributed by atoms with Crippen LogP contribution in [0.1, 0.15) is 6.42 Å². The molecule has 180 valence electrons. The van der Waals surface area contributed by atoms with Gasteiger partial charge in [0.25, 0.3) is 6.43 Å². The van der Waals surface area contributed by atoms with Gasteiger partial charge in [0.15, 0.2) is 0 Å². The van der Waals surface area contributed by atoms with Crippen molar-refractivity contribution < 1.29 is 21.9 Å². The first-order valence-corrected chi connectivity index (χ1v) is 12.0. The highest BCUT2D eigenvalue weighted by atomic mass is 32.2. The second-order valence-electron chi connectivity index (χ2n) is 8.00. The standard InChI is InChI=1S/C22H24F2N6O3S/c1-30-7-6-15(12-30)29-34(31,32)17-8-18(14-2-4-16(5-3-14)33-13-21(23)24)28-19(9-17)20-10-27-22(25)11-26-20/h2-5,8-11,15,21,29H,6-7,12-13H2,1H3,(H2,25,27)/t15-/m0/s1. The molecule has 4 rings (SSSR count). The number of nitrogens with zero attached hydrogens (tertiary/aromatic N) is 4. The van der Waals surface area contributed by atoms with E-state index in [1.165, 1.54) is 36.7 Å². The van der Waals surface area contributed by atoms with E-state index in [0.717, 1.165) is 6.54 Å². The summed E-state index contributed by atoms with van der Waals surface area (Å²) in [6.45, 7) is 0.710. The van der Waals surface area contributed by atoms with Gasteiger partial charge in [0.05, 0.1) is 28.7 Å². The molecule has 1 saturated heterocycles. The average Bonchev–Trinajstić information content (AvgIpc) is 3.22. The van der Waals surface area contributed by atoms with E-state index in [4.69, 9.17) is 10.5 Å². The van der Waals surface area contributed by atoms with Crippen molar-refractivity contribution >= 4 is 15.8 Å². The van der Waals surface area contributed by atoms with Crippen LogP contribution in [-0.4, -0.2) is 67.5 Å². The molecule has 0 saturated carbocycles. The predicted octanol–water partition coefficient (Wildman–Crippen LogP) is 2.41. The fourth-order valence-electron chi connectivity index (χ4n) is 3.61. The van der Waals surface area contributed by atoms with Crippen LogP contribution in [0.4, 0.5) is 14.6 Å². The maximum atomic E-state index is 13.2. The number of anilines is 1. The van der Waals surface area contributed by atoms with Gasteiger partial charge in [0.1, 0.15) is 23.9 Å². The van der Waals surface area contributed by atoms with Crippen LogP contribution < -0.4 is 15.2 Å². The number of likely N-dealkylation sites (N-methyl/N-ethyl adjacent to an activating group) is 1. The number of hydrogen-bond acceptors (Lipinski definition) is 8. The van der Waals surface area contributed by atoms with Gasteiger partial charge < -0.3 is 15.4 Å². The number of nitrogen functional groups attached to an aromatic ring is 1. The third-order valence-corrected chi connectivity index (χ3v) is 6.78. The molecular weight excluding hydrogens is 466 g/mol. The summed E-state index contributed by atoms with van der Waals surface area (Å²) in [7, 11) is -1.92. The first-order chi connectivity index (χ1) is 16.2. The minimum absolute atomic E-state index is 0.0266. The van der Waals surface area contributed by atoms with Gasteiger partial charge in [-0.15, -0.1) is 0 Å². The highest BCUT2D eigenvalue weighted by Crippen LogP contribution is 2.28. The third kappa shape index (κ3) is 5.82. The molecular formula is C22H24F2N6O3S. The molecule has 0 aliphatic carbocycles. The van der Waals surface area contributed by atoms with Crippen LogP contribution >= 0.6 is 0 Å². The van der Waals surface area contributed by atoms with Crippen LogP contribution in [-0.2, 0) is 10.0 Å². The van der Waals surface area contributed by atoms with E-state index in [0.29, 0.717) is 35.6 Å². The van der Waals surface area contributed by atoms with Crippen molar-refractivity contribution in [3.63, 3.8) is 0 Å². The molecule has 0 radical (unpaired) electrons. The molecule has 0 spiro atoms. The number of hydrogen-bond donors (Lipinski definition) is 2. The van der Waals surface area contributed by atoms with Gasteiger partial charge in [-0.05, 0) is 56.4 Å². The number of pyridine rings is 1. The zero-order valence-corrected chi connectivity index (χ0v) is 19.2. The van der Waals surface area contributed by atoms with Gasteiger partial charge in [-0.2, -0.15) is 0 Å². The summed E-state index contributed by atoms with van der Waals surface area (Å²) in [6.07, 6.45) is 0.904. The Bertz CT molecular complexity index is 1240. The number of aromatic nitrogens is 3. The Labute approximate surface area is 196 Å². The maximum Gasteiger partial charge on any atom is 0.272 e. The lowest BCUT2D eigenvalue weighted by Gasteiger charge is -2.15. The van der Waals surface area contributed by atoms with Crippen LogP contribution in [0.15, 0.2) is 53.7 Å². The molecule has 1 aromatic carbocycles. The van der Waals surface area contributed by atoms with E-state index in [9.17, 15) is 17.2 Å². The number of halogens is 2. The molecule has 2 aromatic heterocycles. The Morgan fingerprint density at radius 1 is 1.15 bits per heavy atom. The number of ether oxygens (including phenoxy) is 1. The maximum absolute atomic E-state index is 13.2. The number of sulfonamides is 1. The summed E-state index contributed by atoms with van der Waals surface area (Å²) in [6, 6.07) is 8.99. The van der Waals surface area contributed by atoms with Crippen molar-refractivity contribution in [2.75, 3.05) is 32.5 Å². The molecule has 0 amide bonds. The molecule has 3 aromatic rings. The van der Waals surface area contributed by atoms with E-state index >= 15 is 0 Å². The van der Waals surface area contributed by atoms with Gasteiger partial charge >= 0.3 is 0 Å². The Morgan fingerprint density at radius 3 is 2.50 bits per heavy atom. The normalized spacial score (nSPS) is 16.8. The highest BCUT2D eigenvalue weighted by molar-refractivity contribution is 7.89. The minimum atomic E-state index is -3.86. The summed E-state index contributed by atoms with van der Waals surface area (Å²) in [5.74, 6) is 0.489. The summed E-state index contributed by atoms with van der Waals surface area (Å²) >= 11 is 0. The monoisotopic (exact) mass is 490 g/mol. The topological polar surface area (TPSA) is 123 Å². The van der Waals surface area contributed by atoms with Crippen molar-refractivity contribution in [3.8, 4) is 28.4 Å². The lowest BCUT2D eigenvalue weighted by molar-refractivity contribution is 0.0819. The molecule has 1 fully saturated rings. The second-order valence-corrected chi connectivity index (χ2v) is 9.71. The number of rotatable bonds is 8. The average molecular weight is 491 g/mol. The largest absolute Gasteiger partial charge is 0.488 e. The molecule has 0 bridgehead atoms. The summed E-state index contributed by atoms with van der Waals surface area (Å²) in [5, 5.41) is 0. The third-order valence-electron chi connectivity index (χ3n) is 5.28. The second kappa shape index (κ2) is 9.95. The number of likely N-dealkylation sites (tertiary alicyclic amines) is 1. The van der Waals surface area contributed by atoms with Gasteiger partial charge in [-0.25, -0.2) is 36.9 Å². The van der Waals surface area contributed by atoms with Crippen LogP contribution in [0.3, 0.4) is 0 Å². The molecule has 3 heterocycles. The number of alkyl halides is 2. The molecule has 0 unspecified atom stereocenters. The molecule has 34 heavy (non-hydrogen) atoms. The molecule has 1 atom stereocenters. The SMILES string of the molecule is CN1CC[C@H](NS(=O)(=O)c2cc(-c3ccc(OCC(F)F)cc3)nc(-c3cnc(N)cn3)c2)C1. The fraction of sp³-hybridized carbons (Fsp3) is 0.318. The van der Waals surface area contributed by atoms with E-state index in [-0.39, 0.29) is 22.5 Å². The molecule has 1 aliphatic heterocycles. The lowest BCUT2D eigenvalue weighted by Crippen LogP contribution is -2.36.